The highest BCUT2D eigenvalue weighted by Gasteiger charge is 2.14. The lowest BCUT2D eigenvalue weighted by Crippen LogP contribution is -2.30. The first-order valence-corrected chi connectivity index (χ1v) is 7.22. The van der Waals surface area contributed by atoms with Gasteiger partial charge in [-0.1, -0.05) is 43.9 Å². The maximum absolute atomic E-state index is 13.5. The molecule has 2 heteroatoms. The number of hydrogen-bond acceptors (Lipinski definition) is 1. The smallest absolute Gasteiger partial charge is 0.126 e. The Kier molecular flexibility index (Phi) is 5.18. The first-order chi connectivity index (χ1) is 8.75. The van der Waals surface area contributed by atoms with Gasteiger partial charge in [-0.15, -0.1) is 0 Å². The van der Waals surface area contributed by atoms with E-state index in [1.807, 2.05) is 12.1 Å². The summed E-state index contributed by atoms with van der Waals surface area (Å²) in [6.45, 7) is 3.21. The van der Waals surface area contributed by atoms with Gasteiger partial charge in [0.05, 0.1) is 0 Å². The second kappa shape index (κ2) is 6.89. The van der Waals surface area contributed by atoms with E-state index in [4.69, 9.17) is 0 Å². The lowest BCUT2D eigenvalue weighted by molar-refractivity contribution is 0.445. The Morgan fingerprint density at radius 2 is 2.00 bits per heavy atom. The Hall–Kier alpha value is -0.890. The van der Waals surface area contributed by atoms with Crippen molar-refractivity contribution in [2.75, 3.05) is 6.54 Å². The van der Waals surface area contributed by atoms with Crippen molar-refractivity contribution < 1.29 is 4.39 Å². The SMILES string of the molecule is CC(Cc1ccccc1F)NCCC1CCCC1. The van der Waals surface area contributed by atoms with Crippen LogP contribution in [0.5, 0.6) is 0 Å². The molecule has 1 nitrogen and oxygen atoms in total. The summed E-state index contributed by atoms with van der Waals surface area (Å²) in [4.78, 5) is 0. The zero-order chi connectivity index (χ0) is 12.8. The van der Waals surface area contributed by atoms with Crippen LogP contribution in [0.1, 0.15) is 44.6 Å². The third-order valence-corrected chi connectivity index (χ3v) is 4.00. The second-order valence-electron chi connectivity index (χ2n) is 5.59. The van der Waals surface area contributed by atoms with E-state index in [9.17, 15) is 4.39 Å². The van der Waals surface area contributed by atoms with Crippen molar-refractivity contribution >= 4 is 0 Å². The van der Waals surface area contributed by atoms with Gasteiger partial charge in [0.1, 0.15) is 5.82 Å². The first kappa shape index (κ1) is 13.5. The summed E-state index contributed by atoms with van der Waals surface area (Å²) in [5.74, 6) is 0.847. The second-order valence-corrected chi connectivity index (χ2v) is 5.59. The maximum atomic E-state index is 13.5. The van der Waals surface area contributed by atoms with Crippen LogP contribution in [0.2, 0.25) is 0 Å². The lowest BCUT2D eigenvalue weighted by atomic mass is 10.0. The average molecular weight is 249 g/mol. The molecular formula is C16H24FN. The van der Waals surface area contributed by atoms with E-state index in [0.29, 0.717) is 6.04 Å². The summed E-state index contributed by atoms with van der Waals surface area (Å²) >= 11 is 0. The third kappa shape index (κ3) is 4.09. The van der Waals surface area contributed by atoms with E-state index in [1.54, 1.807) is 12.1 Å². The minimum absolute atomic E-state index is 0.0815. The summed E-state index contributed by atoms with van der Waals surface area (Å²) in [5.41, 5.74) is 0.818. The van der Waals surface area contributed by atoms with Gasteiger partial charge in [-0.05, 0) is 43.9 Å². The van der Waals surface area contributed by atoms with Crippen LogP contribution in [0.15, 0.2) is 24.3 Å². The largest absolute Gasteiger partial charge is 0.314 e. The molecule has 1 saturated carbocycles. The molecule has 1 N–H and O–H groups in total. The van der Waals surface area contributed by atoms with Crippen LogP contribution in [-0.2, 0) is 6.42 Å². The van der Waals surface area contributed by atoms with Crippen LogP contribution in [0.25, 0.3) is 0 Å². The van der Waals surface area contributed by atoms with Gasteiger partial charge in [0.25, 0.3) is 0 Å². The Bertz CT molecular complexity index is 358. The van der Waals surface area contributed by atoms with Crippen LogP contribution >= 0.6 is 0 Å². The van der Waals surface area contributed by atoms with E-state index in [1.165, 1.54) is 32.1 Å². The zero-order valence-corrected chi connectivity index (χ0v) is 11.3. The van der Waals surface area contributed by atoms with Gasteiger partial charge in [-0.2, -0.15) is 0 Å². The maximum Gasteiger partial charge on any atom is 0.126 e. The van der Waals surface area contributed by atoms with Crippen molar-refractivity contribution in [1.82, 2.24) is 5.32 Å². The van der Waals surface area contributed by atoms with Gasteiger partial charge >= 0.3 is 0 Å². The predicted molar refractivity (Wildman–Crippen MR) is 74.1 cm³/mol. The molecule has 0 saturated heterocycles. The van der Waals surface area contributed by atoms with E-state index < -0.39 is 0 Å². The van der Waals surface area contributed by atoms with Gasteiger partial charge in [0, 0.05) is 6.04 Å². The zero-order valence-electron chi connectivity index (χ0n) is 11.3. The third-order valence-electron chi connectivity index (χ3n) is 4.00. The normalized spacial score (nSPS) is 18.1. The molecule has 1 unspecified atom stereocenters. The molecular weight excluding hydrogens is 225 g/mol. The van der Waals surface area contributed by atoms with Gasteiger partial charge in [0.2, 0.25) is 0 Å². The number of benzene rings is 1. The van der Waals surface area contributed by atoms with Crippen LogP contribution in [0.3, 0.4) is 0 Å². The number of halogens is 1. The average Bonchev–Trinajstić information content (AvgIpc) is 2.85. The van der Waals surface area contributed by atoms with E-state index in [-0.39, 0.29) is 5.82 Å². The number of hydrogen-bond donors (Lipinski definition) is 1. The van der Waals surface area contributed by atoms with Gasteiger partial charge in [-0.25, -0.2) is 4.39 Å². The summed E-state index contributed by atoms with van der Waals surface area (Å²) in [6.07, 6.45) is 7.69. The molecule has 1 aromatic rings. The Labute approximate surface area is 110 Å². The molecule has 0 aliphatic heterocycles. The molecule has 2 rings (SSSR count). The highest BCUT2D eigenvalue weighted by Crippen LogP contribution is 2.26. The highest BCUT2D eigenvalue weighted by atomic mass is 19.1. The fraction of sp³-hybridized carbons (Fsp3) is 0.625. The van der Waals surface area contributed by atoms with Crippen LogP contribution in [-0.4, -0.2) is 12.6 Å². The van der Waals surface area contributed by atoms with E-state index in [2.05, 4.69) is 12.2 Å². The molecule has 0 amide bonds. The Morgan fingerprint density at radius 3 is 2.72 bits per heavy atom. The van der Waals surface area contributed by atoms with Crippen molar-refractivity contribution in [2.24, 2.45) is 5.92 Å². The fourth-order valence-electron chi connectivity index (χ4n) is 2.90. The summed E-state index contributed by atoms with van der Waals surface area (Å²) < 4.78 is 13.5. The fourth-order valence-corrected chi connectivity index (χ4v) is 2.90. The van der Waals surface area contributed by atoms with Gasteiger partial charge < -0.3 is 5.32 Å². The minimum atomic E-state index is -0.0815. The van der Waals surface area contributed by atoms with Crippen molar-refractivity contribution in [1.29, 1.82) is 0 Å². The molecule has 0 spiro atoms. The molecule has 0 bridgehead atoms. The highest BCUT2D eigenvalue weighted by molar-refractivity contribution is 5.18. The molecule has 100 valence electrons. The van der Waals surface area contributed by atoms with Crippen molar-refractivity contribution in [3.8, 4) is 0 Å². The summed E-state index contributed by atoms with van der Waals surface area (Å²) in [7, 11) is 0. The molecule has 1 aliphatic carbocycles. The lowest BCUT2D eigenvalue weighted by Gasteiger charge is -2.16. The molecule has 0 heterocycles. The van der Waals surface area contributed by atoms with Gasteiger partial charge in [0.15, 0.2) is 0 Å². The van der Waals surface area contributed by atoms with Crippen LogP contribution in [0.4, 0.5) is 4.39 Å². The van der Waals surface area contributed by atoms with Crippen molar-refractivity contribution in [2.45, 2.75) is 51.5 Å². The first-order valence-electron chi connectivity index (χ1n) is 7.22. The van der Waals surface area contributed by atoms with Gasteiger partial charge in [-0.3, -0.25) is 0 Å². The van der Waals surface area contributed by atoms with Crippen LogP contribution in [0, 0.1) is 11.7 Å². The number of rotatable bonds is 6. The summed E-state index contributed by atoms with van der Waals surface area (Å²) in [5, 5.41) is 3.52. The van der Waals surface area contributed by atoms with Crippen LogP contribution < -0.4 is 5.32 Å². The molecule has 1 fully saturated rings. The van der Waals surface area contributed by atoms with E-state index in [0.717, 1.165) is 24.4 Å². The standard InChI is InChI=1S/C16H24FN/c1-13(12-15-8-4-5-9-16(15)17)18-11-10-14-6-2-3-7-14/h4-5,8-9,13-14,18H,2-3,6-7,10-12H2,1H3. The molecule has 1 aromatic carbocycles. The van der Waals surface area contributed by atoms with Crippen molar-refractivity contribution in [3.63, 3.8) is 0 Å². The minimum Gasteiger partial charge on any atom is -0.314 e. The molecule has 0 radical (unpaired) electrons. The molecule has 1 atom stereocenters. The topological polar surface area (TPSA) is 12.0 Å². The van der Waals surface area contributed by atoms with Crippen molar-refractivity contribution in [3.05, 3.63) is 35.6 Å². The molecule has 1 aliphatic rings. The summed E-state index contributed by atoms with van der Waals surface area (Å²) in [6, 6.07) is 7.43. The molecule has 18 heavy (non-hydrogen) atoms. The number of nitrogens with one attached hydrogen (secondary N) is 1. The predicted octanol–water partition coefficient (Wildman–Crippen LogP) is 3.93. The Morgan fingerprint density at radius 1 is 1.28 bits per heavy atom. The van der Waals surface area contributed by atoms with E-state index >= 15 is 0 Å². The Balaban J connectivity index is 1.68. The molecule has 0 aromatic heterocycles. The quantitative estimate of drug-likeness (QED) is 0.805. The monoisotopic (exact) mass is 249 g/mol.